The van der Waals surface area contributed by atoms with E-state index in [1.165, 1.54) is 70.3 Å². The Morgan fingerprint density at radius 1 is 0.377 bits per heavy atom. The van der Waals surface area contributed by atoms with Gasteiger partial charge in [0.15, 0.2) is 0 Å². The van der Waals surface area contributed by atoms with Gasteiger partial charge in [-0.1, -0.05) is 152 Å². The Kier molecular flexibility index (Phi) is 7.71. The number of nitrogens with zero attached hydrogens (tertiary/aromatic N) is 2. The van der Waals surface area contributed by atoms with E-state index in [4.69, 9.17) is 0 Å². The second-order valence-corrected chi connectivity index (χ2v) is 14.4. The van der Waals surface area contributed by atoms with Gasteiger partial charge in [-0.3, -0.25) is 0 Å². The highest BCUT2D eigenvalue weighted by molar-refractivity contribution is 7.26. The van der Waals surface area contributed by atoms with Crippen molar-refractivity contribution in [1.82, 2.24) is 4.57 Å². The molecule has 53 heavy (non-hydrogen) atoms. The van der Waals surface area contributed by atoms with Crippen LogP contribution in [-0.4, -0.2) is 4.57 Å². The Hall–Kier alpha value is -6.68. The van der Waals surface area contributed by atoms with Crippen molar-refractivity contribution in [2.24, 2.45) is 0 Å². The summed E-state index contributed by atoms with van der Waals surface area (Å²) in [7, 11) is 0. The maximum atomic E-state index is 2.43. The number of anilines is 3. The first-order valence-corrected chi connectivity index (χ1v) is 18.8. The van der Waals surface area contributed by atoms with E-state index in [1.54, 1.807) is 0 Å². The van der Waals surface area contributed by atoms with Gasteiger partial charge in [-0.2, -0.15) is 0 Å². The summed E-state index contributed by atoms with van der Waals surface area (Å²) in [5.74, 6) is 0. The summed E-state index contributed by atoms with van der Waals surface area (Å²) in [4.78, 5) is 2.37. The lowest BCUT2D eigenvalue weighted by Gasteiger charge is -2.28. The third kappa shape index (κ3) is 5.50. The van der Waals surface area contributed by atoms with Gasteiger partial charge in [-0.25, -0.2) is 0 Å². The van der Waals surface area contributed by atoms with E-state index < -0.39 is 0 Å². The molecule has 3 heteroatoms. The van der Waals surface area contributed by atoms with Gasteiger partial charge in [0, 0.05) is 38.1 Å². The maximum Gasteiger partial charge on any atom is 0.0727 e. The molecule has 2 aromatic heterocycles. The average molecular weight is 695 g/mol. The van der Waals surface area contributed by atoms with Crippen molar-refractivity contribution in [1.29, 1.82) is 0 Å². The molecule has 0 aliphatic rings. The first-order chi connectivity index (χ1) is 26.3. The zero-order chi connectivity index (χ0) is 35.1. The smallest absolute Gasteiger partial charge is 0.0727 e. The van der Waals surface area contributed by atoms with Crippen LogP contribution in [0.25, 0.3) is 70.3 Å². The normalized spacial score (nSPS) is 11.4. The number of aromatic nitrogens is 1. The monoisotopic (exact) mass is 694 g/mol. The fourth-order valence-corrected chi connectivity index (χ4v) is 8.90. The predicted octanol–water partition coefficient (Wildman–Crippen LogP) is 14.5. The van der Waals surface area contributed by atoms with E-state index in [2.05, 4.69) is 216 Å². The van der Waals surface area contributed by atoms with Gasteiger partial charge < -0.3 is 9.47 Å². The summed E-state index contributed by atoms with van der Waals surface area (Å²) >= 11 is 1.88. The van der Waals surface area contributed by atoms with Gasteiger partial charge in [0.25, 0.3) is 0 Å². The minimum Gasteiger partial charge on any atom is -0.310 e. The molecule has 0 amide bonds. The lowest BCUT2D eigenvalue weighted by Crippen LogP contribution is -2.11. The van der Waals surface area contributed by atoms with Gasteiger partial charge >= 0.3 is 0 Å². The molecule has 0 atom stereocenters. The van der Waals surface area contributed by atoms with Gasteiger partial charge in [0.05, 0.1) is 21.4 Å². The van der Waals surface area contributed by atoms with Crippen LogP contribution >= 0.6 is 11.3 Å². The van der Waals surface area contributed by atoms with Crippen molar-refractivity contribution in [2.75, 3.05) is 4.90 Å². The van der Waals surface area contributed by atoms with Crippen LogP contribution in [0.2, 0.25) is 0 Å². The fraction of sp³-hybridized carbons (Fsp3) is 0. The molecule has 0 fully saturated rings. The molecule has 2 nitrogen and oxygen atoms in total. The summed E-state index contributed by atoms with van der Waals surface area (Å²) in [6, 6.07) is 74.4. The van der Waals surface area contributed by atoms with Gasteiger partial charge in [0.2, 0.25) is 0 Å². The molecule has 0 unspecified atom stereocenters. The van der Waals surface area contributed by atoms with E-state index in [1.807, 2.05) is 11.3 Å². The lowest BCUT2D eigenvalue weighted by atomic mass is 10.0. The maximum absolute atomic E-state index is 2.43. The third-order valence-electron chi connectivity index (χ3n) is 10.2. The minimum atomic E-state index is 1.10. The van der Waals surface area contributed by atoms with Crippen molar-refractivity contribution in [3.05, 3.63) is 206 Å². The quantitative estimate of drug-likeness (QED) is 0.161. The van der Waals surface area contributed by atoms with Gasteiger partial charge in [0.1, 0.15) is 0 Å². The number of para-hydroxylation sites is 2. The molecule has 0 saturated carbocycles. The number of fused-ring (bicyclic) bond motifs is 5. The van der Waals surface area contributed by atoms with Crippen LogP contribution in [-0.2, 0) is 0 Å². The molecule has 0 bridgehead atoms. The highest BCUT2D eigenvalue weighted by Crippen LogP contribution is 2.44. The Labute approximate surface area is 313 Å². The Balaban J connectivity index is 1.03. The van der Waals surface area contributed by atoms with Crippen molar-refractivity contribution in [3.8, 4) is 39.1 Å². The first kappa shape index (κ1) is 31.1. The predicted molar refractivity (Wildman–Crippen MR) is 227 cm³/mol. The number of thiophene rings is 1. The topological polar surface area (TPSA) is 8.17 Å². The first-order valence-electron chi connectivity index (χ1n) is 18.0. The fourth-order valence-electron chi connectivity index (χ4n) is 7.68. The van der Waals surface area contributed by atoms with Crippen LogP contribution in [0.15, 0.2) is 206 Å². The van der Waals surface area contributed by atoms with E-state index in [-0.39, 0.29) is 0 Å². The van der Waals surface area contributed by atoms with Crippen LogP contribution in [0, 0.1) is 0 Å². The standard InChI is InChI=1S/C50H34N2S/c1-3-13-35(14-4-1)36-23-29-40(30-24-36)51(46-20-10-7-17-43(46)39-15-5-2-6-16-39)41-31-25-37(26-32-41)38-27-33-42(34-28-38)52-47-21-11-8-18-44(47)50-49(52)45-19-9-12-22-48(45)53-50/h1-34H. The largest absolute Gasteiger partial charge is 0.310 e. The van der Waals surface area contributed by atoms with Crippen LogP contribution in [0.4, 0.5) is 17.1 Å². The average Bonchev–Trinajstić information content (AvgIpc) is 3.77. The Bertz CT molecular complexity index is 2840. The molecular formula is C50H34N2S. The summed E-state index contributed by atoms with van der Waals surface area (Å²) in [6.07, 6.45) is 0. The SMILES string of the molecule is c1ccc(-c2ccc(N(c3ccc(-c4ccc(-n5c6ccccc6c6sc7ccccc7c65)cc4)cc3)c3ccccc3-c3ccccc3)cc2)cc1. The van der Waals surface area contributed by atoms with Gasteiger partial charge in [-0.05, 0) is 82.4 Å². The Morgan fingerprint density at radius 3 is 1.53 bits per heavy atom. The van der Waals surface area contributed by atoms with Crippen molar-refractivity contribution in [2.45, 2.75) is 0 Å². The zero-order valence-electron chi connectivity index (χ0n) is 28.9. The van der Waals surface area contributed by atoms with E-state index in [9.17, 15) is 0 Å². The molecular weight excluding hydrogens is 661 g/mol. The van der Waals surface area contributed by atoms with Crippen LogP contribution in [0.5, 0.6) is 0 Å². The molecule has 250 valence electrons. The van der Waals surface area contributed by atoms with Crippen LogP contribution in [0.3, 0.4) is 0 Å². The molecule has 10 rings (SSSR count). The molecule has 0 aliphatic heterocycles. The number of hydrogen-bond donors (Lipinski definition) is 0. The minimum absolute atomic E-state index is 1.10. The molecule has 0 spiro atoms. The number of benzene rings is 8. The molecule has 0 radical (unpaired) electrons. The van der Waals surface area contributed by atoms with E-state index >= 15 is 0 Å². The summed E-state index contributed by atoms with van der Waals surface area (Å²) < 4.78 is 5.09. The second-order valence-electron chi connectivity index (χ2n) is 13.4. The molecule has 8 aromatic carbocycles. The van der Waals surface area contributed by atoms with E-state index in [0.717, 1.165) is 17.1 Å². The molecule has 0 aliphatic carbocycles. The van der Waals surface area contributed by atoms with Crippen molar-refractivity contribution in [3.63, 3.8) is 0 Å². The molecule has 0 N–H and O–H groups in total. The number of rotatable bonds is 7. The third-order valence-corrected chi connectivity index (χ3v) is 11.4. The summed E-state index contributed by atoms with van der Waals surface area (Å²) in [6.45, 7) is 0. The van der Waals surface area contributed by atoms with Gasteiger partial charge in [-0.15, -0.1) is 11.3 Å². The Morgan fingerprint density at radius 2 is 0.868 bits per heavy atom. The number of hydrogen-bond acceptors (Lipinski definition) is 2. The second kappa shape index (κ2) is 13.1. The summed E-state index contributed by atoms with van der Waals surface area (Å²) in [5.41, 5.74) is 14.2. The van der Waals surface area contributed by atoms with E-state index in [0.29, 0.717) is 0 Å². The zero-order valence-corrected chi connectivity index (χ0v) is 29.7. The van der Waals surface area contributed by atoms with Crippen LogP contribution < -0.4 is 4.90 Å². The molecule has 10 aromatic rings. The molecule has 0 saturated heterocycles. The highest BCUT2D eigenvalue weighted by Gasteiger charge is 2.19. The lowest BCUT2D eigenvalue weighted by molar-refractivity contribution is 1.19. The van der Waals surface area contributed by atoms with Crippen LogP contribution in [0.1, 0.15) is 0 Å². The highest BCUT2D eigenvalue weighted by atomic mass is 32.1. The summed E-state index contributed by atoms with van der Waals surface area (Å²) in [5, 5.41) is 2.60. The molecule has 2 heterocycles. The van der Waals surface area contributed by atoms with Crippen molar-refractivity contribution >= 4 is 59.6 Å². The van der Waals surface area contributed by atoms with Crippen molar-refractivity contribution < 1.29 is 0 Å².